The van der Waals surface area contributed by atoms with Crippen LogP contribution in [0, 0.1) is 0 Å². The second kappa shape index (κ2) is 5.62. The molecule has 2 aromatic rings. The molecule has 1 N–H and O–H groups in total. The Labute approximate surface area is 102 Å². The lowest BCUT2D eigenvalue weighted by atomic mass is 10.1. The van der Waals surface area contributed by atoms with Crippen molar-refractivity contribution < 1.29 is 0 Å². The number of rotatable bonds is 5. The fourth-order valence-corrected chi connectivity index (χ4v) is 1.97. The highest BCUT2D eigenvalue weighted by atomic mass is 15.1. The molecule has 90 valence electrons. The molecule has 3 nitrogen and oxygen atoms in total. The van der Waals surface area contributed by atoms with Crippen molar-refractivity contribution in [3.8, 4) is 0 Å². The Morgan fingerprint density at radius 3 is 2.94 bits per heavy atom. The maximum absolute atomic E-state index is 4.12. The van der Waals surface area contributed by atoms with Gasteiger partial charge in [-0.25, -0.2) is 0 Å². The summed E-state index contributed by atoms with van der Waals surface area (Å²) in [6, 6.07) is 8.57. The number of aromatic nitrogens is 2. The first-order valence-corrected chi connectivity index (χ1v) is 6.28. The van der Waals surface area contributed by atoms with Gasteiger partial charge in [0.05, 0.1) is 17.4 Å². The van der Waals surface area contributed by atoms with Crippen LogP contribution in [0.1, 0.15) is 33.1 Å². The van der Waals surface area contributed by atoms with Crippen LogP contribution in [0.25, 0.3) is 10.9 Å². The Bertz CT molecular complexity index is 476. The summed E-state index contributed by atoms with van der Waals surface area (Å²) in [7, 11) is 0. The van der Waals surface area contributed by atoms with Gasteiger partial charge in [-0.3, -0.25) is 0 Å². The smallest absolute Gasteiger partial charge is 0.0950 e. The van der Waals surface area contributed by atoms with E-state index in [1.165, 1.54) is 19.3 Å². The topological polar surface area (TPSA) is 37.8 Å². The molecule has 0 amide bonds. The molecule has 0 aliphatic heterocycles. The zero-order valence-electron chi connectivity index (χ0n) is 10.5. The molecule has 3 heteroatoms. The zero-order chi connectivity index (χ0) is 12.1. The molecular formula is C14H19N3. The molecule has 1 unspecified atom stereocenters. The third kappa shape index (κ3) is 2.93. The summed E-state index contributed by atoms with van der Waals surface area (Å²) >= 11 is 0. The second-order valence-corrected chi connectivity index (χ2v) is 4.46. The van der Waals surface area contributed by atoms with Crippen molar-refractivity contribution in [1.29, 1.82) is 0 Å². The third-order valence-electron chi connectivity index (χ3n) is 2.94. The van der Waals surface area contributed by atoms with Crippen LogP contribution in [-0.4, -0.2) is 16.2 Å². The van der Waals surface area contributed by atoms with Crippen molar-refractivity contribution in [3.05, 3.63) is 30.5 Å². The molecule has 1 atom stereocenters. The van der Waals surface area contributed by atoms with Crippen LogP contribution in [-0.2, 0) is 0 Å². The van der Waals surface area contributed by atoms with Gasteiger partial charge in [-0.1, -0.05) is 38.0 Å². The summed E-state index contributed by atoms with van der Waals surface area (Å²) in [6.45, 7) is 4.43. The van der Waals surface area contributed by atoms with Crippen molar-refractivity contribution >= 4 is 16.6 Å². The van der Waals surface area contributed by atoms with Crippen molar-refractivity contribution in [2.75, 3.05) is 5.32 Å². The second-order valence-electron chi connectivity index (χ2n) is 4.46. The van der Waals surface area contributed by atoms with Crippen LogP contribution in [0.5, 0.6) is 0 Å². The Hall–Kier alpha value is -1.64. The van der Waals surface area contributed by atoms with E-state index in [0.717, 1.165) is 16.6 Å². The number of benzene rings is 1. The fraction of sp³-hybridized carbons (Fsp3) is 0.429. The van der Waals surface area contributed by atoms with Crippen LogP contribution in [0.2, 0.25) is 0 Å². The van der Waals surface area contributed by atoms with Crippen LogP contribution < -0.4 is 5.32 Å². The van der Waals surface area contributed by atoms with Crippen LogP contribution in [0.3, 0.4) is 0 Å². The molecule has 1 aromatic heterocycles. The summed E-state index contributed by atoms with van der Waals surface area (Å²) in [5.74, 6) is 0. The minimum atomic E-state index is 0.475. The van der Waals surface area contributed by atoms with Gasteiger partial charge in [-0.15, -0.1) is 0 Å². The summed E-state index contributed by atoms with van der Waals surface area (Å²) < 4.78 is 0. The maximum atomic E-state index is 4.12. The highest BCUT2D eigenvalue weighted by Crippen LogP contribution is 2.21. The normalized spacial score (nSPS) is 12.6. The SMILES string of the molecule is CCCCC(C)Nc1cnnc2ccccc12. The van der Waals surface area contributed by atoms with Crippen molar-refractivity contribution in [3.63, 3.8) is 0 Å². The molecule has 1 heterocycles. The van der Waals surface area contributed by atoms with E-state index in [4.69, 9.17) is 0 Å². The standard InChI is InChI=1S/C14H19N3/c1-3-4-7-11(2)16-14-10-15-17-13-9-6-5-8-12(13)14/h5-6,8-11H,3-4,7H2,1-2H3,(H,16,17). The van der Waals surface area contributed by atoms with Crippen LogP contribution in [0.15, 0.2) is 30.5 Å². The molecule has 0 saturated heterocycles. The number of hydrogen-bond donors (Lipinski definition) is 1. The van der Waals surface area contributed by atoms with E-state index in [1.807, 2.05) is 24.4 Å². The molecule has 2 rings (SSSR count). The van der Waals surface area contributed by atoms with Crippen molar-refractivity contribution in [1.82, 2.24) is 10.2 Å². The molecule has 0 fully saturated rings. The largest absolute Gasteiger partial charge is 0.381 e. The lowest BCUT2D eigenvalue weighted by Gasteiger charge is -2.15. The molecule has 0 aliphatic carbocycles. The van der Waals surface area contributed by atoms with E-state index >= 15 is 0 Å². The van der Waals surface area contributed by atoms with Gasteiger partial charge in [-0.2, -0.15) is 10.2 Å². The predicted octanol–water partition coefficient (Wildman–Crippen LogP) is 3.62. The lowest BCUT2D eigenvalue weighted by Crippen LogP contribution is -2.15. The van der Waals surface area contributed by atoms with Gasteiger partial charge in [0.2, 0.25) is 0 Å². The van der Waals surface area contributed by atoms with Crippen LogP contribution >= 0.6 is 0 Å². The minimum Gasteiger partial charge on any atom is -0.381 e. The Balaban J connectivity index is 2.18. The summed E-state index contributed by atoms with van der Waals surface area (Å²) in [6.07, 6.45) is 5.49. The summed E-state index contributed by atoms with van der Waals surface area (Å²) in [5.41, 5.74) is 2.03. The van der Waals surface area contributed by atoms with Crippen molar-refractivity contribution in [2.24, 2.45) is 0 Å². The lowest BCUT2D eigenvalue weighted by molar-refractivity contribution is 0.645. The first kappa shape index (κ1) is 11.8. The molecule has 0 spiro atoms. The minimum absolute atomic E-state index is 0.475. The monoisotopic (exact) mass is 229 g/mol. The quantitative estimate of drug-likeness (QED) is 0.851. The van der Waals surface area contributed by atoms with Gasteiger partial charge in [0.15, 0.2) is 0 Å². The number of nitrogens with one attached hydrogen (secondary N) is 1. The molecule has 0 radical (unpaired) electrons. The highest BCUT2D eigenvalue weighted by Gasteiger charge is 2.05. The van der Waals surface area contributed by atoms with E-state index < -0.39 is 0 Å². The fourth-order valence-electron chi connectivity index (χ4n) is 1.97. The maximum Gasteiger partial charge on any atom is 0.0950 e. The molecule has 1 aromatic carbocycles. The van der Waals surface area contributed by atoms with Crippen LogP contribution in [0.4, 0.5) is 5.69 Å². The van der Waals surface area contributed by atoms with E-state index in [2.05, 4.69) is 35.4 Å². The molecule has 0 bridgehead atoms. The average molecular weight is 229 g/mol. The number of unbranched alkanes of at least 4 members (excludes halogenated alkanes) is 1. The molecule has 0 aliphatic rings. The summed E-state index contributed by atoms with van der Waals surface area (Å²) in [4.78, 5) is 0. The third-order valence-corrected chi connectivity index (χ3v) is 2.94. The van der Waals surface area contributed by atoms with E-state index in [9.17, 15) is 0 Å². The highest BCUT2D eigenvalue weighted by molar-refractivity contribution is 5.90. The Morgan fingerprint density at radius 2 is 2.12 bits per heavy atom. The van der Waals surface area contributed by atoms with Gasteiger partial charge in [0, 0.05) is 11.4 Å². The van der Waals surface area contributed by atoms with Gasteiger partial charge < -0.3 is 5.32 Å². The Morgan fingerprint density at radius 1 is 1.29 bits per heavy atom. The first-order valence-electron chi connectivity index (χ1n) is 6.28. The molecule has 17 heavy (non-hydrogen) atoms. The number of anilines is 1. The van der Waals surface area contributed by atoms with E-state index in [-0.39, 0.29) is 0 Å². The average Bonchev–Trinajstić information content (AvgIpc) is 2.37. The summed E-state index contributed by atoms with van der Waals surface area (Å²) in [5, 5.41) is 12.8. The number of nitrogens with zero attached hydrogens (tertiary/aromatic N) is 2. The molecule has 0 saturated carbocycles. The predicted molar refractivity (Wildman–Crippen MR) is 72.1 cm³/mol. The van der Waals surface area contributed by atoms with Gasteiger partial charge in [0.1, 0.15) is 0 Å². The zero-order valence-corrected chi connectivity index (χ0v) is 10.5. The van der Waals surface area contributed by atoms with Gasteiger partial charge in [0.25, 0.3) is 0 Å². The number of hydrogen-bond acceptors (Lipinski definition) is 3. The van der Waals surface area contributed by atoms with E-state index in [1.54, 1.807) is 0 Å². The Kier molecular flexibility index (Phi) is 3.91. The molecular weight excluding hydrogens is 210 g/mol. The van der Waals surface area contributed by atoms with Crippen molar-refractivity contribution in [2.45, 2.75) is 39.2 Å². The first-order chi connectivity index (χ1) is 8.31. The number of fused-ring (bicyclic) bond motifs is 1. The van der Waals surface area contributed by atoms with Gasteiger partial charge in [-0.05, 0) is 19.4 Å². The van der Waals surface area contributed by atoms with Gasteiger partial charge >= 0.3 is 0 Å². The van der Waals surface area contributed by atoms with E-state index in [0.29, 0.717) is 6.04 Å².